The Kier molecular flexibility index (Phi) is 6.16. The van der Waals surface area contributed by atoms with Gasteiger partial charge in [0.05, 0.1) is 19.6 Å². The molecule has 0 aromatic rings. The van der Waals surface area contributed by atoms with Crippen molar-refractivity contribution in [2.24, 2.45) is 5.41 Å². The lowest BCUT2D eigenvalue weighted by Gasteiger charge is -2.19. The molecule has 100 valence electrons. The van der Waals surface area contributed by atoms with E-state index in [0.29, 0.717) is 25.7 Å². The van der Waals surface area contributed by atoms with Crippen molar-refractivity contribution in [1.29, 1.82) is 0 Å². The van der Waals surface area contributed by atoms with E-state index in [0.717, 1.165) is 19.5 Å². The molecule has 0 saturated carbocycles. The number of amides is 1. The van der Waals surface area contributed by atoms with Crippen LogP contribution in [0.3, 0.4) is 0 Å². The number of hydrogen-bond acceptors (Lipinski definition) is 3. The van der Waals surface area contributed by atoms with Crippen molar-refractivity contribution in [3.63, 3.8) is 0 Å². The minimum atomic E-state index is 0.174. The zero-order valence-corrected chi connectivity index (χ0v) is 13.1. The summed E-state index contributed by atoms with van der Waals surface area (Å²) >= 11 is 2.15. The second-order valence-electron chi connectivity index (χ2n) is 5.80. The quantitative estimate of drug-likeness (QED) is 0.466. The van der Waals surface area contributed by atoms with Crippen LogP contribution in [0.2, 0.25) is 0 Å². The summed E-state index contributed by atoms with van der Waals surface area (Å²) in [5.74, 6) is 0.216. The lowest BCUT2D eigenvalue weighted by atomic mass is 9.99. The molecule has 1 aliphatic rings. The number of nitrogens with zero attached hydrogens (tertiary/aromatic N) is 1. The van der Waals surface area contributed by atoms with Crippen LogP contribution in [0.1, 0.15) is 33.6 Å². The van der Waals surface area contributed by atoms with E-state index in [1.54, 1.807) is 0 Å². The Balaban J connectivity index is 2.14. The number of carbonyl (C=O) groups is 1. The molecule has 0 radical (unpaired) electrons. The zero-order valence-electron chi connectivity index (χ0n) is 11.0. The van der Waals surface area contributed by atoms with Crippen LogP contribution in [0.15, 0.2) is 0 Å². The van der Waals surface area contributed by atoms with Gasteiger partial charge in [0.2, 0.25) is 5.91 Å². The van der Waals surface area contributed by atoms with Crippen LogP contribution in [0.25, 0.3) is 0 Å². The van der Waals surface area contributed by atoms with Crippen LogP contribution in [-0.2, 0) is 9.53 Å². The van der Waals surface area contributed by atoms with Gasteiger partial charge in [-0.15, -0.1) is 0 Å². The molecule has 1 atom stereocenters. The second kappa shape index (κ2) is 6.89. The largest absolute Gasteiger partial charge is 0.380 e. The Labute approximate surface area is 118 Å². The fourth-order valence-corrected chi connectivity index (χ4v) is 2.28. The predicted octanol–water partition coefficient (Wildman–Crippen LogP) is 1.98. The molecule has 1 amide bonds. The molecule has 0 aromatic carbocycles. The number of rotatable bonds is 5. The highest BCUT2D eigenvalue weighted by Crippen LogP contribution is 2.14. The Morgan fingerprint density at radius 3 is 2.76 bits per heavy atom. The van der Waals surface area contributed by atoms with Crippen molar-refractivity contribution in [3.8, 4) is 0 Å². The molecular formula is C12H23IN2O2. The first-order valence-electron chi connectivity index (χ1n) is 6.14. The van der Waals surface area contributed by atoms with Gasteiger partial charge in [-0.25, -0.2) is 0 Å². The van der Waals surface area contributed by atoms with Crippen LogP contribution in [0.4, 0.5) is 0 Å². The molecular weight excluding hydrogens is 331 g/mol. The highest BCUT2D eigenvalue weighted by atomic mass is 127. The van der Waals surface area contributed by atoms with Gasteiger partial charge in [-0.05, 0) is 11.8 Å². The molecule has 1 rings (SSSR count). The van der Waals surface area contributed by atoms with Gasteiger partial charge in [0.15, 0.2) is 0 Å². The zero-order chi connectivity index (χ0) is 12.9. The monoisotopic (exact) mass is 354 g/mol. The average Bonchev–Trinajstić information content (AvgIpc) is 2.71. The third-order valence-corrected chi connectivity index (χ3v) is 3.57. The molecule has 0 bridgehead atoms. The van der Waals surface area contributed by atoms with Crippen LogP contribution in [-0.4, -0.2) is 43.2 Å². The fraction of sp³-hybridized carbons (Fsp3) is 0.917. The summed E-state index contributed by atoms with van der Waals surface area (Å²) in [4.78, 5) is 13.8. The van der Waals surface area contributed by atoms with Crippen molar-refractivity contribution in [3.05, 3.63) is 0 Å². The maximum Gasteiger partial charge on any atom is 0.224 e. The summed E-state index contributed by atoms with van der Waals surface area (Å²) in [6.07, 6.45) is 1.56. The average molecular weight is 354 g/mol. The molecule has 4 nitrogen and oxygen atoms in total. The molecule has 1 fully saturated rings. The molecule has 1 heterocycles. The molecule has 5 heteroatoms. The summed E-state index contributed by atoms with van der Waals surface area (Å²) < 4.78 is 8.70. The van der Waals surface area contributed by atoms with E-state index in [-0.39, 0.29) is 11.3 Å². The normalized spacial score (nSPS) is 20.9. The molecule has 1 N–H and O–H groups in total. The first-order chi connectivity index (χ1) is 7.92. The maximum atomic E-state index is 11.8. The third kappa shape index (κ3) is 6.01. The van der Waals surface area contributed by atoms with Crippen molar-refractivity contribution in [1.82, 2.24) is 8.43 Å². The van der Waals surface area contributed by atoms with E-state index in [9.17, 15) is 4.79 Å². The first kappa shape index (κ1) is 15.2. The minimum absolute atomic E-state index is 0.174. The van der Waals surface area contributed by atoms with Gasteiger partial charge in [-0.1, -0.05) is 20.8 Å². The van der Waals surface area contributed by atoms with Gasteiger partial charge < -0.3 is 9.64 Å². The molecule has 1 aliphatic heterocycles. The Hall–Kier alpha value is 0.120. The first-order valence-corrected chi connectivity index (χ1v) is 7.22. The SMILES string of the molecule is CC(C)(C)COCCC(=O)N1CC[C@@H](NI)C1. The molecule has 17 heavy (non-hydrogen) atoms. The Morgan fingerprint density at radius 2 is 2.24 bits per heavy atom. The Bertz CT molecular complexity index is 253. The summed E-state index contributed by atoms with van der Waals surface area (Å²) in [6.45, 7) is 9.34. The minimum Gasteiger partial charge on any atom is -0.380 e. The van der Waals surface area contributed by atoms with Gasteiger partial charge in [-0.3, -0.25) is 8.32 Å². The van der Waals surface area contributed by atoms with E-state index in [1.165, 1.54) is 0 Å². The molecule has 0 aliphatic carbocycles. The summed E-state index contributed by atoms with van der Waals surface area (Å²) in [6, 6.07) is 0.454. The van der Waals surface area contributed by atoms with Gasteiger partial charge in [0.25, 0.3) is 0 Å². The molecule has 0 spiro atoms. The van der Waals surface area contributed by atoms with E-state index in [4.69, 9.17) is 4.74 Å². The fourth-order valence-electron chi connectivity index (χ4n) is 1.77. The summed E-state index contributed by atoms with van der Waals surface area (Å²) in [5, 5.41) is 0. The highest BCUT2D eigenvalue weighted by molar-refractivity contribution is 14.1. The topological polar surface area (TPSA) is 41.6 Å². The highest BCUT2D eigenvalue weighted by Gasteiger charge is 2.25. The van der Waals surface area contributed by atoms with Crippen LogP contribution in [0.5, 0.6) is 0 Å². The number of carbonyl (C=O) groups excluding carboxylic acids is 1. The van der Waals surface area contributed by atoms with Crippen molar-refractivity contribution in [2.75, 3.05) is 26.3 Å². The van der Waals surface area contributed by atoms with Crippen molar-refractivity contribution < 1.29 is 9.53 Å². The smallest absolute Gasteiger partial charge is 0.224 e. The van der Waals surface area contributed by atoms with E-state index in [1.807, 2.05) is 4.90 Å². The van der Waals surface area contributed by atoms with E-state index >= 15 is 0 Å². The molecule has 0 aromatic heterocycles. The van der Waals surface area contributed by atoms with E-state index < -0.39 is 0 Å². The van der Waals surface area contributed by atoms with Gasteiger partial charge in [0.1, 0.15) is 0 Å². The number of nitrogens with one attached hydrogen (secondary N) is 1. The summed E-state index contributed by atoms with van der Waals surface area (Å²) in [5.41, 5.74) is 0.174. The predicted molar refractivity (Wildman–Crippen MR) is 77.0 cm³/mol. The number of likely N-dealkylation sites (tertiary alicyclic amines) is 1. The number of hydrogen-bond donors (Lipinski definition) is 1. The van der Waals surface area contributed by atoms with Crippen molar-refractivity contribution >= 4 is 28.8 Å². The molecule has 1 saturated heterocycles. The van der Waals surface area contributed by atoms with Crippen LogP contribution < -0.4 is 3.53 Å². The lowest BCUT2D eigenvalue weighted by molar-refractivity contribution is -0.131. The second-order valence-corrected chi connectivity index (χ2v) is 6.42. The van der Waals surface area contributed by atoms with Crippen LogP contribution >= 0.6 is 22.9 Å². The number of ether oxygens (including phenoxy) is 1. The third-order valence-electron chi connectivity index (χ3n) is 2.69. The van der Waals surface area contributed by atoms with Crippen molar-refractivity contribution in [2.45, 2.75) is 39.7 Å². The summed E-state index contributed by atoms with van der Waals surface area (Å²) in [7, 11) is 0. The van der Waals surface area contributed by atoms with Gasteiger partial charge >= 0.3 is 0 Å². The van der Waals surface area contributed by atoms with Gasteiger partial charge in [-0.2, -0.15) is 0 Å². The number of halogens is 1. The Morgan fingerprint density at radius 1 is 1.53 bits per heavy atom. The van der Waals surface area contributed by atoms with Crippen LogP contribution in [0, 0.1) is 5.41 Å². The standard InChI is InChI=1S/C12H23IN2O2/c1-12(2,3)9-17-7-5-11(16)15-6-4-10(8-15)14-13/h10,14H,4-9H2,1-3H3/t10-/m1/s1. The van der Waals surface area contributed by atoms with Gasteiger partial charge in [0, 0.05) is 42.0 Å². The maximum absolute atomic E-state index is 11.8. The van der Waals surface area contributed by atoms with E-state index in [2.05, 4.69) is 47.2 Å². The lowest BCUT2D eigenvalue weighted by Crippen LogP contribution is -2.32. The molecule has 0 unspecified atom stereocenters.